The molecule has 2 rings (SSSR count). The molecule has 0 fully saturated rings. The van der Waals surface area contributed by atoms with Crippen LogP contribution >= 0.6 is 23.2 Å². The van der Waals surface area contributed by atoms with Crippen molar-refractivity contribution in [3.63, 3.8) is 0 Å². The Balaban J connectivity index is 2.73. The molecule has 0 aliphatic carbocycles. The summed E-state index contributed by atoms with van der Waals surface area (Å²) in [4.78, 5) is 3.16. The molecule has 4 heteroatoms. The maximum atomic E-state index is 6.17. The van der Waals surface area contributed by atoms with Gasteiger partial charge in [-0.3, -0.25) is 0 Å². The second kappa shape index (κ2) is 4.05. The van der Waals surface area contributed by atoms with Crippen molar-refractivity contribution in [3.8, 4) is 0 Å². The molecule has 0 bridgehead atoms. The number of fused-ring (bicyclic) bond motifs is 1. The Kier molecular flexibility index (Phi) is 2.91. The fraction of sp³-hybridized carbons (Fsp3) is 0.273. The highest BCUT2D eigenvalue weighted by molar-refractivity contribution is 6.40. The van der Waals surface area contributed by atoms with E-state index in [4.69, 9.17) is 23.2 Å². The van der Waals surface area contributed by atoms with Gasteiger partial charge in [-0.25, -0.2) is 0 Å². The lowest BCUT2D eigenvalue weighted by Crippen LogP contribution is -2.11. The standard InChI is InChI=1S/C11H12Cl2N2/c1-6(14-2)7-5-15-11-9(13)4-3-8(12)10(7)11/h3-6,14-15H,1-2H3. The molecule has 0 saturated carbocycles. The molecule has 0 radical (unpaired) electrons. The Morgan fingerprint density at radius 3 is 2.60 bits per heavy atom. The first-order valence-electron chi connectivity index (χ1n) is 4.77. The Morgan fingerprint density at radius 1 is 1.27 bits per heavy atom. The number of aromatic amines is 1. The number of hydrogen-bond donors (Lipinski definition) is 2. The van der Waals surface area contributed by atoms with Crippen molar-refractivity contribution < 1.29 is 0 Å². The third-order valence-electron chi connectivity index (χ3n) is 2.66. The van der Waals surface area contributed by atoms with E-state index in [-0.39, 0.29) is 6.04 Å². The second-order valence-corrected chi connectivity index (χ2v) is 4.35. The Labute approximate surface area is 98.6 Å². The lowest BCUT2D eigenvalue weighted by molar-refractivity contribution is 0.657. The third-order valence-corrected chi connectivity index (χ3v) is 3.29. The third kappa shape index (κ3) is 1.73. The van der Waals surface area contributed by atoms with E-state index in [1.54, 1.807) is 6.07 Å². The molecule has 0 aliphatic heterocycles. The summed E-state index contributed by atoms with van der Waals surface area (Å²) in [5.74, 6) is 0. The molecule has 1 atom stereocenters. The van der Waals surface area contributed by atoms with E-state index in [2.05, 4.69) is 17.2 Å². The molecular weight excluding hydrogens is 231 g/mol. The molecule has 1 unspecified atom stereocenters. The van der Waals surface area contributed by atoms with Gasteiger partial charge in [0.1, 0.15) is 0 Å². The molecule has 2 N–H and O–H groups in total. The number of hydrogen-bond acceptors (Lipinski definition) is 1. The summed E-state index contributed by atoms with van der Waals surface area (Å²) in [5.41, 5.74) is 2.04. The zero-order valence-corrected chi connectivity index (χ0v) is 10.1. The minimum atomic E-state index is 0.245. The maximum Gasteiger partial charge on any atom is 0.0661 e. The zero-order chi connectivity index (χ0) is 11.0. The predicted molar refractivity (Wildman–Crippen MR) is 65.8 cm³/mol. The highest BCUT2D eigenvalue weighted by Crippen LogP contribution is 2.34. The fourth-order valence-electron chi connectivity index (χ4n) is 1.69. The van der Waals surface area contributed by atoms with Gasteiger partial charge in [0.05, 0.1) is 15.6 Å². The Morgan fingerprint density at radius 2 is 1.93 bits per heavy atom. The molecule has 0 saturated heterocycles. The van der Waals surface area contributed by atoms with Crippen LogP contribution in [0, 0.1) is 0 Å². The number of aromatic nitrogens is 1. The SMILES string of the molecule is CNC(C)c1c[nH]c2c(Cl)ccc(Cl)c12. The summed E-state index contributed by atoms with van der Waals surface area (Å²) >= 11 is 12.3. The molecule has 15 heavy (non-hydrogen) atoms. The van der Waals surface area contributed by atoms with Crippen LogP contribution in [0.15, 0.2) is 18.3 Å². The topological polar surface area (TPSA) is 27.8 Å². The van der Waals surface area contributed by atoms with Crippen molar-refractivity contribution in [1.82, 2.24) is 10.3 Å². The largest absolute Gasteiger partial charge is 0.360 e. The first-order chi connectivity index (χ1) is 7.15. The highest BCUT2D eigenvalue weighted by atomic mass is 35.5. The lowest BCUT2D eigenvalue weighted by atomic mass is 10.1. The normalized spacial score (nSPS) is 13.3. The maximum absolute atomic E-state index is 6.17. The van der Waals surface area contributed by atoms with Crippen LogP contribution in [0.5, 0.6) is 0 Å². The van der Waals surface area contributed by atoms with E-state index >= 15 is 0 Å². The van der Waals surface area contributed by atoms with E-state index in [1.165, 1.54) is 0 Å². The van der Waals surface area contributed by atoms with E-state index in [1.807, 2.05) is 19.3 Å². The summed E-state index contributed by atoms with van der Waals surface area (Å²) in [6, 6.07) is 3.87. The molecule has 2 aromatic rings. The number of H-pyrrole nitrogens is 1. The summed E-state index contributed by atoms with van der Waals surface area (Å²) < 4.78 is 0. The number of rotatable bonds is 2. The summed E-state index contributed by atoms with van der Waals surface area (Å²) in [5, 5.41) is 5.62. The second-order valence-electron chi connectivity index (χ2n) is 3.53. The van der Waals surface area contributed by atoms with Gasteiger partial charge < -0.3 is 10.3 Å². The molecular formula is C11H12Cl2N2. The van der Waals surface area contributed by atoms with Crippen LogP contribution in [0.2, 0.25) is 10.0 Å². The van der Waals surface area contributed by atoms with E-state index in [9.17, 15) is 0 Å². The molecule has 0 amide bonds. The van der Waals surface area contributed by atoms with Crippen LogP contribution in [-0.2, 0) is 0 Å². The minimum absolute atomic E-state index is 0.245. The van der Waals surface area contributed by atoms with Gasteiger partial charge in [-0.2, -0.15) is 0 Å². The average molecular weight is 243 g/mol. The van der Waals surface area contributed by atoms with Crippen LogP contribution in [0.4, 0.5) is 0 Å². The van der Waals surface area contributed by atoms with Crippen LogP contribution in [-0.4, -0.2) is 12.0 Å². The first kappa shape index (κ1) is 10.8. The molecule has 1 aromatic carbocycles. The predicted octanol–water partition coefficient (Wildman–Crippen LogP) is 3.76. The van der Waals surface area contributed by atoms with Gasteiger partial charge in [0, 0.05) is 17.6 Å². The van der Waals surface area contributed by atoms with Crippen molar-refractivity contribution in [1.29, 1.82) is 0 Å². The quantitative estimate of drug-likeness (QED) is 0.825. The van der Waals surface area contributed by atoms with Crippen LogP contribution in [0.25, 0.3) is 10.9 Å². The van der Waals surface area contributed by atoms with Gasteiger partial charge in [0.15, 0.2) is 0 Å². The monoisotopic (exact) mass is 242 g/mol. The molecule has 0 aliphatic rings. The van der Waals surface area contributed by atoms with Gasteiger partial charge >= 0.3 is 0 Å². The van der Waals surface area contributed by atoms with Crippen molar-refractivity contribution in [2.75, 3.05) is 7.05 Å². The molecule has 2 nitrogen and oxygen atoms in total. The zero-order valence-electron chi connectivity index (χ0n) is 8.57. The molecule has 1 heterocycles. The van der Waals surface area contributed by atoms with Gasteiger partial charge in [-0.05, 0) is 31.7 Å². The summed E-state index contributed by atoms with van der Waals surface area (Å²) in [6.07, 6.45) is 1.95. The smallest absolute Gasteiger partial charge is 0.0661 e. The van der Waals surface area contributed by atoms with Crippen molar-refractivity contribution in [2.24, 2.45) is 0 Å². The molecule has 1 aromatic heterocycles. The van der Waals surface area contributed by atoms with Crippen molar-refractivity contribution >= 4 is 34.1 Å². The lowest BCUT2D eigenvalue weighted by Gasteiger charge is -2.09. The molecule has 80 valence electrons. The highest BCUT2D eigenvalue weighted by Gasteiger charge is 2.13. The van der Waals surface area contributed by atoms with E-state index in [0.717, 1.165) is 21.5 Å². The number of benzene rings is 1. The van der Waals surface area contributed by atoms with E-state index < -0.39 is 0 Å². The number of halogens is 2. The fourth-order valence-corrected chi connectivity index (χ4v) is 2.17. The van der Waals surface area contributed by atoms with Gasteiger partial charge in [-0.1, -0.05) is 23.2 Å². The van der Waals surface area contributed by atoms with Gasteiger partial charge in [0.25, 0.3) is 0 Å². The van der Waals surface area contributed by atoms with Crippen molar-refractivity contribution in [2.45, 2.75) is 13.0 Å². The average Bonchev–Trinajstić information content (AvgIpc) is 2.68. The van der Waals surface area contributed by atoms with Gasteiger partial charge in [-0.15, -0.1) is 0 Å². The van der Waals surface area contributed by atoms with Gasteiger partial charge in [0.2, 0.25) is 0 Å². The minimum Gasteiger partial charge on any atom is -0.360 e. The Bertz CT molecular complexity index is 491. The summed E-state index contributed by atoms with van der Waals surface area (Å²) in [6.45, 7) is 2.08. The summed E-state index contributed by atoms with van der Waals surface area (Å²) in [7, 11) is 1.92. The number of nitrogens with one attached hydrogen (secondary N) is 2. The molecule has 0 spiro atoms. The van der Waals surface area contributed by atoms with Crippen LogP contribution in [0.1, 0.15) is 18.5 Å². The van der Waals surface area contributed by atoms with Crippen LogP contribution in [0.3, 0.4) is 0 Å². The first-order valence-corrected chi connectivity index (χ1v) is 5.53. The van der Waals surface area contributed by atoms with E-state index in [0.29, 0.717) is 5.02 Å². The Hall–Kier alpha value is -0.700. The van der Waals surface area contributed by atoms with Crippen LogP contribution < -0.4 is 5.32 Å². The van der Waals surface area contributed by atoms with Crippen molar-refractivity contribution in [3.05, 3.63) is 33.9 Å².